The quantitative estimate of drug-likeness (QED) is 0.202. The van der Waals surface area contributed by atoms with Crippen molar-refractivity contribution in [3.63, 3.8) is 0 Å². The van der Waals surface area contributed by atoms with Gasteiger partial charge >= 0.3 is 0 Å². The van der Waals surface area contributed by atoms with E-state index in [1.807, 2.05) is 43.3 Å². The lowest BCUT2D eigenvalue weighted by molar-refractivity contribution is -0.384. The third-order valence-electron chi connectivity index (χ3n) is 4.45. The highest BCUT2D eigenvalue weighted by Gasteiger charge is 2.32. The molecule has 0 aliphatic carbocycles. The first kappa shape index (κ1) is 23.2. The summed E-state index contributed by atoms with van der Waals surface area (Å²) in [6, 6.07) is 13.1. The van der Waals surface area contributed by atoms with Gasteiger partial charge in [-0.15, -0.1) is 0 Å². The molecule has 2 aromatic rings. The van der Waals surface area contributed by atoms with Gasteiger partial charge in [0.15, 0.2) is 0 Å². The van der Waals surface area contributed by atoms with E-state index in [0.717, 1.165) is 17.2 Å². The fraction of sp³-hybridized carbons (Fsp3) is 0.136. The van der Waals surface area contributed by atoms with E-state index in [0.29, 0.717) is 9.23 Å². The summed E-state index contributed by atoms with van der Waals surface area (Å²) in [5.41, 5.74) is 1.67. The topological polar surface area (TPSA) is 113 Å². The number of non-ortho nitro benzene ring substituents is 1. The van der Waals surface area contributed by atoms with E-state index in [1.54, 1.807) is 6.08 Å². The number of nitro benzene ring substituents is 1. The molecular formula is C22H19N3O5S2. The lowest BCUT2D eigenvalue weighted by atomic mass is 10.1. The molecule has 1 aliphatic rings. The number of anilines is 1. The Morgan fingerprint density at radius 1 is 1.28 bits per heavy atom. The predicted molar refractivity (Wildman–Crippen MR) is 128 cm³/mol. The first-order valence-electron chi connectivity index (χ1n) is 9.50. The van der Waals surface area contributed by atoms with Gasteiger partial charge in [0, 0.05) is 19.0 Å². The van der Waals surface area contributed by atoms with Crippen LogP contribution < -0.4 is 5.32 Å². The van der Waals surface area contributed by atoms with Gasteiger partial charge in [0.05, 0.1) is 21.6 Å². The Morgan fingerprint density at radius 2 is 2.00 bits per heavy atom. The van der Waals surface area contributed by atoms with E-state index in [2.05, 4.69) is 5.32 Å². The number of thiocarbonyl (C=S) groups is 1. The third kappa shape index (κ3) is 5.80. The minimum Gasteiger partial charge on any atom is -0.506 e. The highest BCUT2D eigenvalue weighted by molar-refractivity contribution is 8.26. The zero-order valence-corrected chi connectivity index (χ0v) is 18.6. The van der Waals surface area contributed by atoms with Gasteiger partial charge in [0.2, 0.25) is 5.91 Å². The van der Waals surface area contributed by atoms with E-state index in [4.69, 9.17) is 12.2 Å². The Balaban J connectivity index is 1.60. The zero-order valence-electron chi connectivity index (χ0n) is 17.0. The third-order valence-corrected chi connectivity index (χ3v) is 5.83. The number of rotatable bonds is 7. The van der Waals surface area contributed by atoms with Crippen LogP contribution in [0.15, 0.2) is 65.1 Å². The van der Waals surface area contributed by atoms with Gasteiger partial charge in [-0.2, -0.15) is 0 Å². The minimum atomic E-state index is -0.648. The van der Waals surface area contributed by atoms with Crippen LogP contribution in [0.1, 0.15) is 18.9 Å². The Hall–Kier alpha value is -3.50. The standard InChI is InChI=1S/C22H19N3O5S2/c1-14(11-15-5-3-2-4-6-15)12-19-21(28)24(22(31)32-19)10-9-20(27)23-17-8-7-16(25(29)30)13-18(17)26/h2-8,11-13,26H,9-10H2,1H3,(H,23,27). The second-order valence-electron chi connectivity index (χ2n) is 6.89. The predicted octanol–water partition coefficient (Wildman–Crippen LogP) is 4.48. The number of allylic oxidation sites excluding steroid dienone is 2. The van der Waals surface area contributed by atoms with Crippen LogP contribution in [-0.4, -0.2) is 37.6 Å². The number of carbonyl (C=O) groups is 2. The Bertz CT molecular complexity index is 1150. The van der Waals surface area contributed by atoms with Crippen molar-refractivity contribution in [2.45, 2.75) is 13.3 Å². The summed E-state index contributed by atoms with van der Waals surface area (Å²) in [5, 5.41) is 23.1. The van der Waals surface area contributed by atoms with Gasteiger partial charge in [-0.05, 0) is 30.2 Å². The molecule has 8 nitrogen and oxygen atoms in total. The summed E-state index contributed by atoms with van der Waals surface area (Å²) in [5.74, 6) is -1.15. The molecule has 0 atom stereocenters. The maximum atomic E-state index is 12.7. The highest BCUT2D eigenvalue weighted by atomic mass is 32.2. The van der Waals surface area contributed by atoms with Gasteiger partial charge in [0.1, 0.15) is 10.1 Å². The molecule has 0 radical (unpaired) electrons. The number of hydrogen-bond acceptors (Lipinski definition) is 7. The lowest BCUT2D eigenvalue weighted by Crippen LogP contribution is -2.31. The number of carbonyl (C=O) groups excluding carboxylic acids is 2. The molecule has 2 N–H and O–H groups in total. The highest BCUT2D eigenvalue weighted by Crippen LogP contribution is 2.32. The van der Waals surface area contributed by atoms with Crippen LogP contribution in [0.3, 0.4) is 0 Å². The molecular weight excluding hydrogens is 450 g/mol. The van der Waals surface area contributed by atoms with Crippen molar-refractivity contribution in [2.75, 3.05) is 11.9 Å². The summed E-state index contributed by atoms with van der Waals surface area (Å²) in [4.78, 5) is 36.9. The lowest BCUT2D eigenvalue weighted by Gasteiger charge is -2.14. The molecule has 10 heteroatoms. The number of nitro groups is 1. The number of amides is 2. The number of hydrogen-bond donors (Lipinski definition) is 2. The van der Waals surface area contributed by atoms with E-state index < -0.39 is 16.6 Å². The number of phenolic OH excluding ortho intramolecular Hbond substituents is 1. The summed E-state index contributed by atoms with van der Waals surface area (Å²) >= 11 is 6.47. The molecule has 0 spiro atoms. The summed E-state index contributed by atoms with van der Waals surface area (Å²) in [6.07, 6.45) is 3.66. The van der Waals surface area contributed by atoms with E-state index in [9.17, 15) is 24.8 Å². The summed E-state index contributed by atoms with van der Waals surface area (Å²) in [6.45, 7) is 1.96. The Labute approximate surface area is 193 Å². The van der Waals surface area contributed by atoms with E-state index in [-0.39, 0.29) is 30.2 Å². The molecule has 0 saturated carbocycles. The first-order valence-corrected chi connectivity index (χ1v) is 10.7. The summed E-state index contributed by atoms with van der Waals surface area (Å²) < 4.78 is 0.361. The second-order valence-corrected chi connectivity index (χ2v) is 8.56. The molecule has 1 saturated heterocycles. The molecule has 2 aromatic carbocycles. The molecule has 0 unspecified atom stereocenters. The van der Waals surface area contributed by atoms with Crippen LogP contribution >= 0.6 is 24.0 Å². The minimum absolute atomic E-state index is 0.0487. The first-order chi connectivity index (χ1) is 15.2. The fourth-order valence-electron chi connectivity index (χ4n) is 2.92. The van der Waals surface area contributed by atoms with Crippen molar-refractivity contribution >= 4 is 57.6 Å². The second kappa shape index (κ2) is 10.2. The van der Waals surface area contributed by atoms with Gasteiger partial charge < -0.3 is 10.4 Å². The van der Waals surface area contributed by atoms with Gasteiger partial charge in [-0.1, -0.05) is 60.4 Å². The monoisotopic (exact) mass is 469 g/mol. The van der Waals surface area contributed by atoms with Crippen LogP contribution in [0.25, 0.3) is 6.08 Å². The average Bonchev–Trinajstić information content (AvgIpc) is 3.01. The number of phenols is 1. The Morgan fingerprint density at radius 3 is 2.66 bits per heavy atom. The van der Waals surface area contributed by atoms with Crippen molar-refractivity contribution < 1.29 is 19.6 Å². The SMILES string of the molecule is CC(=Cc1ccccc1)C=C1SC(=S)N(CCC(=O)Nc2ccc([N+](=O)[O-])cc2O)C1=O. The van der Waals surface area contributed by atoms with Gasteiger partial charge in [0.25, 0.3) is 11.6 Å². The molecule has 3 rings (SSSR count). The van der Waals surface area contributed by atoms with Crippen molar-refractivity contribution in [1.29, 1.82) is 0 Å². The molecule has 1 aliphatic heterocycles. The molecule has 0 bridgehead atoms. The average molecular weight is 470 g/mol. The van der Waals surface area contributed by atoms with Crippen LogP contribution in [0.5, 0.6) is 5.75 Å². The zero-order chi connectivity index (χ0) is 23.3. The van der Waals surface area contributed by atoms with E-state index in [1.165, 1.54) is 28.8 Å². The van der Waals surface area contributed by atoms with E-state index >= 15 is 0 Å². The van der Waals surface area contributed by atoms with Crippen molar-refractivity contribution in [3.8, 4) is 5.75 Å². The normalized spacial score (nSPS) is 15.3. The number of nitrogens with one attached hydrogen (secondary N) is 1. The van der Waals surface area contributed by atoms with Crippen molar-refractivity contribution in [2.24, 2.45) is 0 Å². The van der Waals surface area contributed by atoms with Crippen LogP contribution in [-0.2, 0) is 9.59 Å². The molecule has 32 heavy (non-hydrogen) atoms. The number of nitrogens with zero attached hydrogens (tertiary/aromatic N) is 2. The van der Waals surface area contributed by atoms with Crippen LogP contribution in [0.4, 0.5) is 11.4 Å². The Kier molecular flexibility index (Phi) is 7.39. The smallest absolute Gasteiger partial charge is 0.273 e. The maximum absolute atomic E-state index is 12.7. The molecule has 1 heterocycles. The number of aromatic hydroxyl groups is 1. The summed E-state index contributed by atoms with van der Waals surface area (Å²) in [7, 11) is 0. The molecule has 164 valence electrons. The maximum Gasteiger partial charge on any atom is 0.273 e. The van der Waals surface area contributed by atoms with Gasteiger partial charge in [-0.3, -0.25) is 24.6 Å². The van der Waals surface area contributed by atoms with Gasteiger partial charge in [-0.25, -0.2) is 0 Å². The molecule has 0 aromatic heterocycles. The van der Waals surface area contributed by atoms with Crippen molar-refractivity contribution in [3.05, 3.63) is 80.8 Å². The molecule has 1 fully saturated rings. The van der Waals surface area contributed by atoms with Crippen molar-refractivity contribution in [1.82, 2.24) is 4.90 Å². The van der Waals surface area contributed by atoms with Crippen LogP contribution in [0, 0.1) is 10.1 Å². The number of thioether (sulfide) groups is 1. The number of benzene rings is 2. The van der Waals surface area contributed by atoms with Crippen LogP contribution in [0.2, 0.25) is 0 Å². The fourth-order valence-corrected chi connectivity index (χ4v) is 4.28. The molecule has 2 amide bonds. The largest absolute Gasteiger partial charge is 0.506 e.